The molecule has 4 unspecified atom stereocenters. The normalized spacial score (nSPS) is 32.2. The maximum atomic E-state index is 13.8. The topological polar surface area (TPSA) is 50.1 Å². The van der Waals surface area contributed by atoms with Gasteiger partial charge in [0.05, 0.1) is 11.5 Å². The van der Waals surface area contributed by atoms with E-state index in [9.17, 15) is 9.18 Å². The van der Waals surface area contributed by atoms with Gasteiger partial charge >= 0.3 is 5.97 Å². The smallest absolute Gasteiger partial charge is 0.314 e. The van der Waals surface area contributed by atoms with E-state index >= 15 is 0 Å². The fourth-order valence-electron chi connectivity index (χ4n) is 6.89. The number of nitrogens with zero attached hydrogens (tertiary/aromatic N) is 1. The number of esters is 1. The zero-order chi connectivity index (χ0) is 23.2. The second-order valence-electron chi connectivity index (χ2n) is 10.7. The van der Waals surface area contributed by atoms with Crippen LogP contribution in [0.5, 0.6) is 5.75 Å². The molecule has 178 valence electrons. The maximum Gasteiger partial charge on any atom is 0.314 e. The average molecular weight is 452 g/mol. The number of carbonyl (C=O) groups is 1. The van der Waals surface area contributed by atoms with E-state index in [1.165, 1.54) is 63.5 Å². The molecule has 0 N–H and O–H groups in total. The molecule has 3 aliphatic rings. The van der Waals surface area contributed by atoms with Crippen LogP contribution in [0.3, 0.4) is 0 Å². The van der Waals surface area contributed by atoms with Crippen LogP contribution in [0, 0.1) is 52.7 Å². The van der Waals surface area contributed by atoms with Gasteiger partial charge in [-0.1, -0.05) is 18.6 Å². The molecule has 0 heterocycles. The first-order valence-electron chi connectivity index (χ1n) is 13.1. The average Bonchev–Trinajstić information content (AvgIpc) is 2.84. The van der Waals surface area contributed by atoms with Gasteiger partial charge in [-0.25, -0.2) is 4.39 Å². The summed E-state index contributed by atoms with van der Waals surface area (Å²) in [5.41, 5.74) is -0.0350. The lowest BCUT2D eigenvalue weighted by atomic mass is 9.60. The number of hydrogen-bond donors (Lipinski definition) is 0. The van der Waals surface area contributed by atoms with Crippen molar-refractivity contribution in [3.63, 3.8) is 0 Å². The van der Waals surface area contributed by atoms with Gasteiger partial charge in [-0.3, -0.25) is 4.79 Å². The molecule has 4 heteroatoms. The van der Waals surface area contributed by atoms with Crippen LogP contribution < -0.4 is 4.74 Å². The summed E-state index contributed by atoms with van der Waals surface area (Å²) < 4.78 is 19.2. The Morgan fingerprint density at radius 2 is 1.70 bits per heavy atom. The summed E-state index contributed by atoms with van der Waals surface area (Å²) in [5.74, 6) is 3.59. The van der Waals surface area contributed by atoms with Crippen molar-refractivity contribution in [3.8, 4) is 11.8 Å². The first-order valence-corrected chi connectivity index (χ1v) is 13.1. The Labute approximate surface area is 198 Å². The molecular weight excluding hydrogens is 413 g/mol. The number of fused-ring (bicyclic) bond motifs is 1. The number of ether oxygens (including phenoxy) is 1. The molecule has 3 aliphatic carbocycles. The molecule has 0 aliphatic heterocycles. The van der Waals surface area contributed by atoms with Gasteiger partial charge in [-0.05, 0) is 119 Å². The van der Waals surface area contributed by atoms with E-state index in [1.807, 2.05) is 0 Å². The minimum absolute atomic E-state index is 0.0350. The predicted molar refractivity (Wildman–Crippen MR) is 128 cm³/mol. The Balaban J connectivity index is 1.22. The van der Waals surface area contributed by atoms with E-state index in [1.54, 1.807) is 6.07 Å². The Morgan fingerprint density at radius 3 is 2.39 bits per heavy atom. The summed E-state index contributed by atoms with van der Waals surface area (Å²) in [6.45, 7) is 2.12. The Kier molecular flexibility index (Phi) is 8.23. The predicted octanol–water partition coefficient (Wildman–Crippen LogP) is 7.60. The van der Waals surface area contributed by atoms with Crippen molar-refractivity contribution >= 4 is 5.97 Å². The first kappa shape index (κ1) is 24.0. The molecule has 0 bridgehead atoms. The van der Waals surface area contributed by atoms with Crippen LogP contribution in [0.25, 0.3) is 0 Å². The lowest BCUT2D eigenvalue weighted by molar-refractivity contribution is -0.140. The van der Waals surface area contributed by atoms with Gasteiger partial charge in [-0.2, -0.15) is 5.26 Å². The van der Waals surface area contributed by atoms with Gasteiger partial charge in [0.15, 0.2) is 0 Å². The highest BCUT2D eigenvalue weighted by atomic mass is 19.1. The third-order valence-electron chi connectivity index (χ3n) is 8.79. The summed E-state index contributed by atoms with van der Waals surface area (Å²) in [6, 6.07) is 5.78. The number of carbonyl (C=O) groups excluding carboxylic acids is 1. The fourth-order valence-corrected chi connectivity index (χ4v) is 6.89. The highest BCUT2D eigenvalue weighted by molar-refractivity contribution is 5.75. The van der Waals surface area contributed by atoms with Crippen LogP contribution in [0.15, 0.2) is 30.4 Å². The van der Waals surface area contributed by atoms with E-state index in [-0.39, 0.29) is 23.2 Å². The van der Waals surface area contributed by atoms with Gasteiger partial charge in [0.2, 0.25) is 0 Å². The van der Waals surface area contributed by atoms with Crippen molar-refractivity contribution in [1.29, 1.82) is 5.26 Å². The third-order valence-corrected chi connectivity index (χ3v) is 8.79. The monoisotopic (exact) mass is 451 g/mol. The van der Waals surface area contributed by atoms with Crippen LogP contribution in [0.2, 0.25) is 0 Å². The number of rotatable bonds is 6. The molecule has 0 radical (unpaired) electrons. The number of benzene rings is 1. The third kappa shape index (κ3) is 6.05. The minimum atomic E-state index is -0.644. The Morgan fingerprint density at radius 1 is 1.03 bits per heavy atom. The molecule has 3 saturated carbocycles. The molecule has 33 heavy (non-hydrogen) atoms. The van der Waals surface area contributed by atoms with E-state index in [0.29, 0.717) is 0 Å². The first-order chi connectivity index (χ1) is 16.1. The number of nitriles is 1. The molecule has 0 saturated heterocycles. The summed E-state index contributed by atoms with van der Waals surface area (Å²) in [5, 5.41) is 8.84. The molecule has 0 spiro atoms. The highest BCUT2D eigenvalue weighted by Crippen LogP contribution is 2.49. The number of allylic oxidation sites excluding steroid dienone is 2. The van der Waals surface area contributed by atoms with Gasteiger partial charge in [0.1, 0.15) is 17.6 Å². The summed E-state index contributed by atoms with van der Waals surface area (Å²) in [6.07, 6.45) is 19.5. The zero-order valence-electron chi connectivity index (χ0n) is 20.0. The molecule has 1 aromatic rings. The van der Waals surface area contributed by atoms with Crippen LogP contribution >= 0.6 is 0 Å². The second kappa shape index (κ2) is 11.3. The van der Waals surface area contributed by atoms with Crippen molar-refractivity contribution in [1.82, 2.24) is 0 Å². The van der Waals surface area contributed by atoms with E-state index in [2.05, 4.69) is 19.1 Å². The van der Waals surface area contributed by atoms with Crippen LogP contribution in [-0.2, 0) is 4.79 Å². The second-order valence-corrected chi connectivity index (χ2v) is 10.7. The van der Waals surface area contributed by atoms with Gasteiger partial charge in [0.25, 0.3) is 0 Å². The van der Waals surface area contributed by atoms with E-state index in [4.69, 9.17) is 10.00 Å². The van der Waals surface area contributed by atoms with Crippen molar-refractivity contribution < 1.29 is 13.9 Å². The molecule has 3 nitrogen and oxygen atoms in total. The van der Waals surface area contributed by atoms with Crippen molar-refractivity contribution in [2.24, 2.45) is 35.5 Å². The molecule has 4 rings (SSSR count). The lowest BCUT2D eigenvalue weighted by Gasteiger charge is -2.45. The maximum absolute atomic E-state index is 13.8. The SMILES string of the molecule is C/C=C/CCC1CCC2CC(C3CCC(C(=O)Oc4ccc(C#N)c(F)c4)CC3)CCC2C1. The van der Waals surface area contributed by atoms with Gasteiger partial charge in [0, 0.05) is 6.07 Å². The van der Waals surface area contributed by atoms with E-state index < -0.39 is 5.82 Å². The number of hydrogen-bond acceptors (Lipinski definition) is 3. The summed E-state index contributed by atoms with van der Waals surface area (Å²) >= 11 is 0. The van der Waals surface area contributed by atoms with Gasteiger partial charge < -0.3 is 4.74 Å². The molecule has 0 amide bonds. The van der Waals surface area contributed by atoms with Crippen molar-refractivity contribution in [2.75, 3.05) is 0 Å². The van der Waals surface area contributed by atoms with Crippen LogP contribution in [-0.4, -0.2) is 5.97 Å². The molecule has 4 atom stereocenters. The van der Waals surface area contributed by atoms with E-state index in [0.717, 1.165) is 61.3 Å². The summed E-state index contributed by atoms with van der Waals surface area (Å²) in [7, 11) is 0. The Bertz CT molecular complexity index is 880. The van der Waals surface area contributed by atoms with Crippen LogP contribution in [0.4, 0.5) is 4.39 Å². The minimum Gasteiger partial charge on any atom is -0.426 e. The van der Waals surface area contributed by atoms with Crippen molar-refractivity contribution in [3.05, 3.63) is 41.7 Å². The largest absolute Gasteiger partial charge is 0.426 e. The van der Waals surface area contributed by atoms with Crippen molar-refractivity contribution in [2.45, 2.75) is 84.0 Å². The standard InChI is InChI=1S/C29H38FNO2/c1-2-3-4-5-20-6-7-25-17-24(13-12-23(25)16-20)21-8-10-22(11-9-21)29(32)33-27-15-14-26(19-31)28(30)18-27/h2-3,14-15,18,20-25H,4-13,16-17H2,1H3/b3-2+. The Hall–Kier alpha value is -2.15. The zero-order valence-corrected chi connectivity index (χ0v) is 20.0. The molecule has 1 aromatic carbocycles. The number of halogens is 1. The molecular formula is C29H38FNO2. The quantitative estimate of drug-likeness (QED) is 0.254. The fraction of sp³-hybridized carbons (Fsp3) is 0.655. The lowest BCUT2D eigenvalue weighted by Crippen LogP contribution is -2.35. The summed E-state index contributed by atoms with van der Waals surface area (Å²) in [4.78, 5) is 12.6. The van der Waals surface area contributed by atoms with Gasteiger partial charge in [-0.15, -0.1) is 0 Å². The molecule has 0 aromatic heterocycles. The highest BCUT2D eigenvalue weighted by Gasteiger charge is 2.39. The molecule has 3 fully saturated rings. The van der Waals surface area contributed by atoms with Crippen LogP contribution in [0.1, 0.15) is 89.5 Å².